The summed E-state index contributed by atoms with van der Waals surface area (Å²) in [6.07, 6.45) is 6.05. The van der Waals surface area contributed by atoms with Gasteiger partial charge in [-0.15, -0.1) is 0 Å². The number of methoxy groups -OCH3 is 1. The molecule has 258 valence electrons. The van der Waals surface area contributed by atoms with Crippen molar-refractivity contribution in [2.75, 3.05) is 13.7 Å². The lowest BCUT2D eigenvalue weighted by atomic mass is 9.77. The van der Waals surface area contributed by atoms with E-state index < -0.39 is 5.60 Å². The van der Waals surface area contributed by atoms with E-state index in [2.05, 4.69) is 20.9 Å². The number of nitrogens with one attached hydrogen (secondary N) is 3. The second-order valence-electron chi connectivity index (χ2n) is 13.3. The van der Waals surface area contributed by atoms with Gasteiger partial charge in [0.15, 0.2) is 0 Å². The molecule has 4 N–H and O–H groups in total. The van der Waals surface area contributed by atoms with E-state index in [0.29, 0.717) is 71.7 Å². The van der Waals surface area contributed by atoms with Crippen molar-refractivity contribution in [3.63, 3.8) is 0 Å². The maximum atomic E-state index is 13.2. The largest absolute Gasteiger partial charge is 0.481 e. The number of aliphatic hydroxyl groups is 1. The molecule has 1 saturated carbocycles. The quantitative estimate of drug-likeness (QED) is 0.136. The molecule has 5 aromatic rings. The SMILES string of the molecule is COc1nc(-c2cccc(-c3cccc(-c4ccn5c(=O)c(CNC6CC(C)(O)C6)cnc5c4)c3Cl)c2Cl)ccc1CNCC1CCC(=O)N1. The van der Waals surface area contributed by atoms with Crippen LogP contribution in [0.4, 0.5) is 0 Å². The van der Waals surface area contributed by atoms with Crippen LogP contribution in [0.5, 0.6) is 5.88 Å². The first-order valence-corrected chi connectivity index (χ1v) is 17.4. The Morgan fingerprint density at radius 3 is 2.40 bits per heavy atom. The van der Waals surface area contributed by atoms with Gasteiger partial charge < -0.3 is 25.8 Å². The van der Waals surface area contributed by atoms with E-state index in [4.69, 9.17) is 32.9 Å². The Morgan fingerprint density at radius 2 is 1.70 bits per heavy atom. The van der Waals surface area contributed by atoms with Gasteiger partial charge >= 0.3 is 0 Å². The predicted molar refractivity (Wildman–Crippen MR) is 195 cm³/mol. The normalized spacial score (nSPS) is 20.1. The Bertz CT molecular complexity index is 2140. The average Bonchev–Trinajstić information content (AvgIpc) is 3.52. The zero-order valence-corrected chi connectivity index (χ0v) is 29.3. The second kappa shape index (κ2) is 14.1. The minimum absolute atomic E-state index is 0.0938. The number of halogens is 2. The fourth-order valence-electron chi connectivity index (χ4n) is 6.85. The van der Waals surface area contributed by atoms with Crippen molar-refractivity contribution in [2.24, 2.45) is 0 Å². The zero-order chi connectivity index (χ0) is 35.0. The first-order valence-electron chi connectivity index (χ1n) is 16.7. The molecule has 1 amide bonds. The van der Waals surface area contributed by atoms with E-state index in [1.54, 1.807) is 19.5 Å². The van der Waals surface area contributed by atoms with E-state index in [1.165, 1.54) is 4.40 Å². The van der Waals surface area contributed by atoms with Gasteiger partial charge in [0.25, 0.3) is 5.56 Å². The Balaban J connectivity index is 1.12. The third-order valence-electron chi connectivity index (χ3n) is 9.53. The fraction of sp³-hybridized carbons (Fsp3) is 0.316. The number of hydrogen-bond acceptors (Lipinski definition) is 8. The molecule has 7 rings (SSSR count). The Hall–Kier alpha value is -4.32. The molecule has 10 nitrogen and oxygen atoms in total. The van der Waals surface area contributed by atoms with Crippen LogP contribution in [0, 0.1) is 0 Å². The van der Waals surface area contributed by atoms with E-state index in [9.17, 15) is 14.7 Å². The first-order chi connectivity index (χ1) is 24.1. The van der Waals surface area contributed by atoms with Gasteiger partial charge in [0.1, 0.15) is 5.65 Å². The van der Waals surface area contributed by atoms with Crippen LogP contribution in [0.15, 0.2) is 77.9 Å². The number of rotatable bonds is 11. The summed E-state index contributed by atoms with van der Waals surface area (Å²) in [7, 11) is 1.59. The summed E-state index contributed by atoms with van der Waals surface area (Å²) in [5.41, 5.74) is 5.68. The third-order valence-corrected chi connectivity index (χ3v) is 10.3. The summed E-state index contributed by atoms with van der Waals surface area (Å²) in [6.45, 7) is 3.42. The third kappa shape index (κ3) is 6.99. The number of nitrogens with zero attached hydrogens (tertiary/aromatic N) is 3. The lowest BCUT2D eigenvalue weighted by Crippen LogP contribution is -2.51. The van der Waals surface area contributed by atoms with Crippen molar-refractivity contribution in [1.29, 1.82) is 0 Å². The van der Waals surface area contributed by atoms with Crippen molar-refractivity contribution >= 4 is 34.8 Å². The number of pyridine rings is 2. The number of fused-ring (bicyclic) bond motifs is 1. The molecule has 2 aromatic carbocycles. The summed E-state index contributed by atoms with van der Waals surface area (Å²) in [6, 6.07) is 19.5. The minimum atomic E-state index is -0.634. The Morgan fingerprint density at radius 1 is 0.980 bits per heavy atom. The maximum absolute atomic E-state index is 13.2. The molecular weight excluding hydrogens is 675 g/mol. The number of aromatic nitrogens is 3. The molecule has 0 radical (unpaired) electrons. The average molecular weight is 714 g/mol. The standard InChI is InChI=1S/C38H38Cl2N6O4/c1-38(49)16-26(17-38)42-19-24-20-43-32-15-22(13-14-46(32)37(24)48)27-5-3-6-28(34(27)39)29-7-4-8-30(35(29)40)31-11-9-23(36(45-31)50-2)18-41-21-25-10-12-33(47)44-25/h3-9,11,13-15,20,25-26,41-42,49H,10,12,16-19,21H2,1-2H3,(H,44,47). The molecule has 1 atom stereocenters. The van der Waals surface area contributed by atoms with Crippen LogP contribution in [0.3, 0.4) is 0 Å². The predicted octanol–water partition coefficient (Wildman–Crippen LogP) is 5.78. The van der Waals surface area contributed by atoms with E-state index >= 15 is 0 Å². The van der Waals surface area contributed by atoms with Crippen LogP contribution in [0.1, 0.15) is 43.7 Å². The van der Waals surface area contributed by atoms with E-state index in [1.807, 2.05) is 67.6 Å². The van der Waals surface area contributed by atoms with Crippen molar-refractivity contribution in [1.82, 2.24) is 30.3 Å². The number of amides is 1. The summed E-state index contributed by atoms with van der Waals surface area (Å²) >= 11 is 14.2. The molecule has 12 heteroatoms. The lowest BCUT2D eigenvalue weighted by Gasteiger charge is -2.41. The summed E-state index contributed by atoms with van der Waals surface area (Å²) in [5, 5.41) is 20.7. The molecule has 4 heterocycles. The molecule has 1 saturated heterocycles. The number of carbonyl (C=O) groups excluding carboxylic acids is 1. The van der Waals surface area contributed by atoms with Gasteiger partial charge in [-0.1, -0.05) is 65.7 Å². The Labute approximate surface area is 299 Å². The van der Waals surface area contributed by atoms with Crippen LogP contribution < -0.4 is 26.2 Å². The number of benzene rings is 2. The first kappa shape index (κ1) is 34.1. The summed E-state index contributed by atoms with van der Waals surface area (Å²) in [5.74, 6) is 0.586. The molecule has 2 aliphatic rings. The molecule has 1 aliphatic carbocycles. The highest BCUT2D eigenvalue weighted by molar-refractivity contribution is 6.39. The van der Waals surface area contributed by atoms with Gasteiger partial charge in [-0.05, 0) is 49.9 Å². The van der Waals surface area contributed by atoms with Crippen molar-refractivity contribution < 1.29 is 14.6 Å². The van der Waals surface area contributed by atoms with E-state index in [0.717, 1.165) is 39.8 Å². The van der Waals surface area contributed by atoms with Gasteiger partial charge in [0, 0.05) is 78.3 Å². The highest BCUT2D eigenvalue weighted by Crippen LogP contribution is 2.42. The van der Waals surface area contributed by atoms with Crippen molar-refractivity contribution in [3.8, 4) is 39.4 Å². The smallest absolute Gasteiger partial charge is 0.262 e. The Kier molecular flexibility index (Phi) is 9.65. The number of hydrogen-bond donors (Lipinski definition) is 4. The van der Waals surface area contributed by atoms with Crippen molar-refractivity contribution in [2.45, 2.75) is 63.4 Å². The number of carbonyl (C=O) groups is 1. The van der Waals surface area contributed by atoms with Crippen LogP contribution in [0.2, 0.25) is 10.0 Å². The van der Waals surface area contributed by atoms with Crippen LogP contribution in [-0.2, 0) is 17.9 Å². The highest BCUT2D eigenvalue weighted by atomic mass is 35.5. The van der Waals surface area contributed by atoms with Crippen LogP contribution in [0.25, 0.3) is 39.2 Å². The molecule has 1 unspecified atom stereocenters. The molecule has 3 aromatic heterocycles. The summed E-state index contributed by atoms with van der Waals surface area (Å²) < 4.78 is 7.18. The van der Waals surface area contributed by atoms with Crippen LogP contribution in [-0.4, -0.2) is 56.7 Å². The highest BCUT2D eigenvalue weighted by Gasteiger charge is 2.37. The molecule has 1 aliphatic heterocycles. The zero-order valence-electron chi connectivity index (χ0n) is 27.8. The van der Waals surface area contributed by atoms with Gasteiger partial charge in [-0.2, -0.15) is 0 Å². The van der Waals surface area contributed by atoms with Crippen LogP contribution >= 0.6 is 23.2 Å². The van der Waals surface area contributed by atoms with E-state index in [-0.39, 0.29) is 23.6 Å². The molecule has 0 spiro atoms. The monoisotopic (exact) mass is 712 g/mol. The maximum Gasteiger partial charge on any atom is 0.262 e. The van der Waals surface area contributed by atoms with Gasteiger partial charge in [-0.3, -0.25) is 14.0 Å². The van der Waals surface area contributed by atoms with Gasteiger partial charge in [0.05, 0.1) is 34.0 Å². The van der Waals surface area contributed by atoms with Gasteiger partial charge in [-0.25, -0.2) is 9.97 Å². The topological polar surface area (TPSA) is 130 Å². The molecular formula is C38H38Cl2N6O4. The minimum Gasteiger partial charge on any atom is -0.481 e. The summed E-state index contributed by atoms with van der Waals surface area (Å²) in [4.78, 5) is 34.1. The molecule has 50 heavy (non-hydrogen) atoms. The fourth-order valence-corrected chi connectivity index (χ4v) is 7.51. The molecule has 2 fully saturated rings. The number of ether oxygens (including phenoxy) is 1. The second-order valence-corrected chi connectivity index (χ2v) is 14.1. The van der Waals surface area contributed by atoms with Gasteiger partial charge in [0.2, 0.25) is 11.8 Å². The lowest BCUT2D eigenvalue weighted by molar-refractivity contribution is -0.119. The molecule has 0 bridgehead atoms. The van der Waals surface area contributed by atoms with Crippen molar-refractivity contribution in [3.05, 3.63) is 105 Å².